The maximum Gasteiger partial charge on any atom is 0.0739 e. The van der Waals surface area contributed by atoms with Gasteiger partial charge in [-0.1, -0.05) is 0 Å². The van der Waals surface area contributed by atoms with Gasteiger partial charge in [-0.3, -0.25) is 4.68 Å². The molecule has 0 aromatic carbocycles. The Morgan fingerprint density at radius 2 is 2.08 bits per heavy atom. The fraction of sp³-hybridized carbons (Fsp3) is 0.667. The van der Waals surface area contributed by atoms with Crippen LogP contribution in [0.3, 0.4) is 0 Å². The summed E-state index contributed by atoms with van der Waals surface area (Å²) in [5, 5.41) is 4.42. The van der Waals surface area contributed by atoms with Crippen molar-refractivity contribution < 1.29 is 0 Å². The van der Waals surface area contributed by atoms with E-state index in [9.17, 15) is 0 Å². The van der Waals surface area contributed by atoms with Gasteiger partial charge in [-0.25, -0.2) is 0 Å². The first kappa shape index (κ1) is 10.7. The van der Waals surface area contributed by atoms with Gasteiger partial charge >= 0.3 is 0 Å². The summed E-state index contributed by atoms with van der Waals surface area (Å²) in [6.45, 7) is 5.98. The molecule has 13 heavy (non-hydrogen) atoms. The molecule has 1 aromatic heterocycles. The number of aromatic nitrogens is 2. The molecule has 0 fully saturated rings. The van der Waals surface area contributed by atoms with Crippen LogP contribution in [0.2, 0.25) is 0 Å². The van der Waals surface area contributed by atoms with Gasteiger partial charge < -0.3 is 4.90 Å². The number of halogens is 1. The zero-order valence-electron chi connectivity index (χ0n) is 8.63. The molecule has 0 aliphatic heterocycles. The molecule has 1 aromatic rings. The molecule has 74 valence electrons. The molecule has 0 radical (unpaired) electrons. The molecule has 1 rings (SSSR count). The molecule has 0 saturated carbocycles. The molecular weight excluding hydrogens is 230 g/mol. The maximum absolute atomic E-state index is 4.42. The average molecular weight is 246 g/mol. The molecule has 4 heteroatoms. The summed E-state index contributed by atoms with van der Waals surface area (Å²) in [6, 6.07) is 0. The lowest BCUT2D eigenvalue weighted by Crippen LogP contribution is -2.15. The van der Waals surface area contributed by atoms with Crippen LogP contribution in [0.15, 0.2) is 4.47 Å². The van der Waals surface area contributed by atoms with Crippen molar-refractivity contribution in [1.82, 2.24) is 14.7 Å². The van der Waals surface area contributed by atoms with Crippen molar-refractivity contribution in [1.29, 1.82) is 0 Å². The standard InChI is InChI=1S/C9H16BrN3/c1-5-13-8(6-12(3)4)9(10)7(2)11-13/h5-6H2,1-4H3. The third-order valence-corrected chi connectivity index (χ3v) is 2.95. The summed E-state index contributed by atoms with van der Waals surface area (Å²) in [4.78, 5) is 2.15. The van der Waals surface area contributed by atoms with E-state index in [2.05, 4.69) is 46.9 Å². The Hall–Kier alpha value is -0.350. The van der Waals surface area contributed by atoms with Crippen molar-refractivity contribution in [3.8, 4) is 0 Å². The molecule has 0 bridgehead atoms. The molecule has 0 saturated heterocycles. The fourth-order valence-corrected chi connectivity index (χ4v) is 1.73. The second kappa shape index (κ2) is 4.24. The zero-order valence-corrected chi connectivity index (χ0v) is 10.2. The van der Waals surface area contributed by atoms with E-state index in [1.165, 1.54) is 5.69 Å². The van der Waals surface area contributed by atoms with Gasteiger partial charge in [0.25, 0.3) is 0 Å². The van der Waals surface area contributed by atoms with E-state index in [4.69, 9.17) is 0 Å². The maximum atomic E-state index is 4.42. The normalized spacial score (nSPS) is 11.2. The van der Waals surface area contributed by atoms with E-state index < -0.39 is 0 Å². The molecule has 0 aliphatic rings. The Labute approximate surface area is 87.9 Å². The van der Waals surface area contributed by atoms with Crippen LogP contribution in [0.25, 0.3) is 0 Å². The first-order chi connectivity index (χ1) is 6.06. The van der Waals surface area contributed by atoms with E-state index in [0.29, 0.717) is 0 Å². The summed E-state index contributed by atoms with van der Waals surface area (Å²) >= 11 is 3.56. The smallest absolute Gasteiger partial charge is 0.0739 e. The van der Waals surface area contributed by atoms with E-state index >= 15 is 0 Å². The minimum absolute atomic E-state index is 0.926. The van der Waals surface area contributed by atoms with Crippen molar-refractivity contribution in [3.05, 3.63) is 15.9 Å². The van der Waals surface area contributed by atoms with E-state index in [1.54, 1.807) is 0 Å². The SMILES string of the molecule is CCn1nc(C)c(Br)c1CN(C)C. The summed E-state index contributed by atoms with van der Waals surface area (Å²) in [6.07, 6.45) is 0. The lowest BCUT2D eigenvalue weighted by molar-refractivity contribution is 0.382. The van der Waals surface area contributed by atoms with Gasteiger partial charge in [-0.05, 0) is 43.9 Å². The molecule has 0 amide bonds. The first-order valence-corrected chi connectivity index (χ1v) is 5.22. The van der Waals surface area contributed by atoms with Crippen LogP contribution in [0.5, 0.6) is 0 Å². The molecular formula is C9H16BrN3. The number of rotatable bonds is 3. The Kier molecular flexibility index (Phi) is 3.50. The number of nitrogens with zero attached hydrogens (tertiary/aromatic N) is 3. The predicted molar refractivity (Wildman–Crippen MR) is 57.7 cm³/mol. The van der Waals surface area contributed by atoms with Crippen LogP contribution in [-0.2, 0) is 13.1 Å². The summed E-state index contributed by atoms with van der Waals surface area (Å²) < 4.78 is 3.18. The highest BCUT2D eigenvalue weighted by Crippen LogP contribution is 2.21. The Bertz CT molecular complexity index is 291. The average Bonchev–Trinajstić information content (AvgIpc) is 2.31. The third kappa shape index (κ3) is 2.31. The van der Waals surface area contributed by atoms with Crippen molar-refractivity contribution in [2.45, 2.75) is 26.9 Å². The first-order valence-electron chi connectivity index (χ1n) is 4.42. The van der Waals surface area contributed by atoms with Gasteiger partial charge in [0.2, 0.25) is 0 Å². The van der Waals surface area contributed by atoms with E-state index in [1.807, 2.05) is 11.6 Å². The van der Waals surface area contributed by atoms with E-state index in [0.717, 1.165) is 23.3 Å². The second-order valence-corrected chi connectivity index (χ2v) is 4.19. The summed E-state index contributed by atoms with van der Waals surface area (Å²) in [5.41, 5.74) is 2.32. The van der Waals surface area contributed by atoms with Crippen molar-refractivity contribution >= 4 is 15.9 Å². The Balaban J connectivity index is 3.01. The predicted octanol–water partition coefficient (Wildman–Crippen LogP) is 2.04. The van der Waals surface area contributed by atoms with Gasteiger partial charge in [0.05, 0.1) is 15.9 Å². The molecule has 1 heterocycles. The van der Waals surface area contributed by atoms with Crippen LogP contribution in [-0.4, -0.2) is 28.8 Å². The Morgan fingerprint density at radius 1 is 1.46 bits per heavy atom. The van der Waals surface area contributed by atoms with Gasteiger partial charge in [0.15, 0.2) is 0 Å². The van der Waals surface area contributed by atoms with Crippen molar-refractivity contribution in [2.24, 2.45) is 0 Å². The lowest BCUT2D eigenvalue weighted by atomic mass is 10.3. The quantitative estimate of drug-likeness (QED) is 0.813. The molecule has 0 atom stereocenters. The zero-order chi connectivity index (χ0) is 10.0. The highest BCUT2D eigenvalue weighted by atomic mass is 79.9. The molecule has 3 nitrogen and oxygen atoms in total. The third-order valence-electron chi connectivity index (χ3n) is 1.92. The molecule has 0 unspecified atom stereocenters. The minimum Gasteiger partial charge on any atom is -0.304 e. The van der Waals surface area contributed by atoms with Crippen LogP contribution in [0.1, 0.15) is 18.3 Å². The molecule has 0 N–H and O–H groups in total. The number of hydrogen-bond acceptors (Lipinski definition) is 2. The topological polar surface area (TPSA) is 21.1 Å². The highest BCUT2D eigenvalue weighted by molar-refractivity contribution is 9.10. The van der Waals surface area contributed by atoms with Crippen molar-refractivity contribution in [3.63, 3.8) is 0 Å². The van der Waals surface area contributed by atoms with E-state index in [-0.39, 0.29) is 0 Å². The van der Waals surface area contributed by atoms with Crippen molar-refractivity contribution in [2.75, 3.05) is 14.1 Å². The molecule has 0 spiro atoms. The lowest BCUT2D eigenvalue weighted by Gasteiger charge is -2.11. The van der Waals surface area contributed by atoms with Gasteiger partial charge in [-0.15, -0.1) is 0 Å². The highest BCUT2D eigenvalue weighted by Gasteiger charge is 2.11. The number of hydrogen-bond donors (Lipinski definition) is 0. The molecule has 0 aliphatic carbocycles. The van der Waals surface area contributed by atoms with Crippen LogP contribution < -0.4 is 0 Å². The van der Waals surface area contributed by atoms with Gasteiger partial charge in [0.1, 0.15) is 0 Å². The van der Waals surface area contributed by atoms with Crippen LogP contribution in [0, 0.1) is 6.92 Å². The summed E-state index contributed by atoms with van der Waals surface area (Å²) in [7, 11) is 4.13. The minimum atomic E-state index is 0.926. The van der Waals surface area contributed by atoms with Crippen LogP contribution >= 0.6 is 15.9 Å². The second-order valence-electron chi connectivity index (χ2n) is 3.40. The summed E-state index contributed by atoms with van der Waals surface area (Å²) in [5.74, 6) is 0. The Morgan fingerprint density at radius 3 is 2.54 bits per heavy atom. The monoisotopic (exact) mass is 245 g/mol. The van der Waals surface area contributed by atoms with Crippen LogP contribution in [0.4, 0.5) is 0 Å². The fourth-order valence-electron chi connectivity index (χ4n) is 1.32. The van der Waals surface area contributed by atoms with Gasteiger partial charge in [-0.2, -0.15) is 5.10 Å². The number of aryl methyl sites for hydroxylation is 2. The largest absolute Gasteiger partial charge is 0.304 e. The van der Waals surface area contributed by atoms with Gasteiger partial charge in [0, 0.05) is 13.1 Å².